The van der Waals surface area contributed by atoms with Crippen LogP contribution in [-0.4, -0.2) is 46.3 Å². The molecular weight excluding hydrogens is 285 g/mol. The van der Waals surface area contributed by atoms with Crippen LogP contribution in [0.5, 0.6) is 5.88 Å². The van der Waals surface area contributed by atoms with Crippen molar-refractivity contribution in [3.8, 4) is 5.88 Å². The lowest BCUT2D eigenvalue weighted by Gasteiger charge is -2.24. The van der Waals surface area contributed by atoms with Gasteiger partial charge < -0.3 is 9.84 Å². The Hall–Kier alpha value is -1.34. The van der Waals surface area contributed by atoms with Gasteiger partial charge in [0.1, 0.15) is 6.10 Å². The van der Waals surface area contributed by atoms with Crippen LogP contribution in [0.15, 0.2) is 18.3 Å². The van der Waals surface area contributed by atoms with Gasteiger partial charge in [0.05, 0.1) is 11.2 Å². The first-order valence-electron chi connectivity index (χ1n) is 6.78. The van der Waals surface area contributed by atoms with Gasteiger partial charge in [-0.05, 0) is 26.3 Å². The predicted octanol–water partition coefficient (Wildman–Crippen LogP) is 2.32. The number of likely N-dealkylation sites (tertiary alicyclic amines) is 1. The normalized spacial score (nSPS) is 20.8. The van der Waals surface area contributed by atoms with Crippen molar-refractivity contribution in [2.24, 2.45) is 0 Å². The molecule has 0 saturated carbocycles. The van der Waals surface area contributed by atoms with E-state index in [0.29, 0.717) is 13.1 Å². The maximum atomic E-state index is 12.4. The molecule has 21 heavy (non-hydrogen) atoms. The Labute approximate surface area is 121 Å². The molecule has 4 nitrogen and oxygen atoms in total. The van der Waals surface area contributed by atoms with E-state index >= 15 is 0 Å². The number of aliphatic hydroxyl groups is 1. The second-order valence-corrected chi connectivity index (χ2v) is 5.96. The molecule has 2 heterocycles. The van der Waals surface area contributed by atoms with E-state index in [9.17, 15) is 18.3 Å². The molecule has 1 aromatic heterocycles. The van der Waals surface area contributed by atoms with Crippen LogP contribution in [-0.2, 0) is 6.18 Å². The van der Waals surface area contributed by atoms with Crippen molar-refractivity contribution in [1.29, 1.82) is 0 Å². The molecule has 1 saturated heterocycles. The first-order chi connectivity index (χ1) is 9.63. The topological polar surface area (TPSA) is 45.6 Å². The highest BCUT2D eigenvalue weighted by Crippen LogP contribution is 2.29. The van der Waals surface area contributed by atoms with Crippen molar-refractivity contribution >= 4 is 0 Å². The Bertz CT molecular complexity index is 469. The van der Waals surface area contributed by atoms with Crippen LogP contribution >= 0.6 is 0 Å². The van der Waals surface area contributed by atoms with E-state index in [-0.39, 0.29) is 12.0 Å². The fourth-order valence-corrected chi connectivity index (χ4v) is 2.37. The summed E-state index contributed by atoms with van der Waals surface area (Å²) in [6.07, 6.45) is -2.96. The predicted molar refractivity (Wildman–Crippen MR) is 71.0 cm³/mol. The third kappa shape index (κ3) is 4.86. The molecule has 1 aromatic rings. The minimum Gasteiger partial charge on any atom is -0.473 e. The summed E-state index contributed by atoms with van der Waals surface area (Å²) in [5, 5.41) is 9.76. The Kier molecular flexibility index (Phi) is 4.43. The molecule has 1 aliphatic heterocycles. The van der Waals surface area contributed by atoms with Gasteiger partial charge in [-0.3, -0.25) is 4.90 Å². The molecule has 118 valence electrons. The number of alkyl halides is 3. The summed E-state index contributed by atoms with van der Waals surface area (Å²) in [4.78, 5) is 5.76. The van der Waals surface area contributed by atoms with E-state index in [1.807, 2.05) is 0 Å². The first-order valence-corrected chi connectivity index (χ1v) is 6.78. The van der Waals surface area contributed by atoms with Crippen molar-refractivity contribution in [3.05, 3.63) is 23.9 Å². The van der Waals surface area contributed by atoms with Crippen molar-refractivity contribution in [2.45, 2.75) is 38.1 Å². The first kappa shape index (κ1) is 16.0. The van der Waals surface area contributed by atoms with Gasteiger partial charge in [-0.2, -0.15) is 13.2 Å². The zero-order valence-electron chi connectivity index (χ0n) is 12.0. The molecule has 0 aromatic carbocycles. The number of halogens is 3. The fourth-order valence-electron chi connectivity index (χ4n) is 2.37. The van der Waals surface area contributed by atoms with Gasteiger partial charge >= 0.3 is 6.18 Å². The van der Waals surface area contributed by atoms with Crippen LogP contribution in [0.2, 0.25) is 0 Å². The van der Waals surface area contributed by atoms with Crippen LogP contribution < -0.4 is 4.74 Å². The molecule has 1 N–H and O–H groups in total. The highest BCUT2D eigenvalue weighted by atomic mass is 19.4. The average molecular weight is 304 g/mol. The van der Waals surface area contributed by atoms with E-state index in [4.69, 9.17) is 4.74 Å². The fraction of sp³-hybridized carbons (Fsp3) is 0.643. The van der Waals surface area contributed by atoms with E-state index in [1.165, 1.54) is 6.07 Å². The van der Waals surface area contributed by atoms with Crippen LogP contribution in [0.1, 0.15) is 25.8 Å². The van der Waals surface area contributed by atoms with E-state index in [2.05, 4.69) is 9.88 Å². The number of ether oxygens (including phenoxy) is 1. The molecule has 0 bridgehead atoms. The highest BCUT2D eigenvalue weighted by Gasteiger charge is 2.31. The lowest BCUT2D eigenvalue weighted by molar-refractivity contribution is -0.137. The van der Waals surface area contributed by atoms with Crippen molar-refractivity contribution in [3.63, 3.8) is 0 Å². The minimum absolute atomic E-state index is 0.114. The van der Waals surface area contributed by atoms with E-state index < -0.39 is 17.3 Å². The van der Waals surface area contributed by atoms with Gasteiger partial charge in [0.25, 0.3) is 0 Å². The van der Waals surface area contributed by atoms with Crippen LogP contribution in [0.3, 0.4) is 0 Å². The number of β-amino-alcohol motifs (C(OH)–C–C–N with tert-alkyl or cyclic N) is 1. The number of hydrogen-bond acceptors (Lipinski definition) is 4. The molecule has 1 fully saturated rings. The summed E-state index contributed by atoms with van der Waals surface area (Å²) in [6, 6.07) is 2.20. The summed E-state index contributed by atoms with van der Waals surface area (Å²) in [6.45, 7) is 5.42. The third-order valence-electron chi connectivity index (χ3n) is 3.19. The summed E-state index contributed by atoms with van der Waals surface area (Å²) >= 11 is 0. The number of nitrogens with zero attached hydrogens (tertiary/aromatic N) is 2. The molecule has 0 amide bonds. The summed E-state index contributed by atoms with van der Waals surface area (Å²) in [7, 11) is 0. The highest BCUT2D eigenvalue weighted by molar-refractivity contribution is 5.20. The molecule has 7 heteroatoms. The molecule has 1 unspecified atom stereocenters. The molecule has 0 spiro atoms. The van der Waals surface area contributed by atoms with Gasteiger partial charge in [-0.25, -0.2) is 4.98 Å². The second kappa shape index (κ2) is 5.81. The van der Waals surface area contributed by atoms with Gasteiger partial charge in [-0.1, -0.05) is 0 Å². The lowest BCUT2D eigenvalue weighted by Crippen LogP contribution is -2.38. The maximum absolute atomic E-state index is 12.4. The molecule has 2 rings (SSSR count). The summed E-state index contributed by atoms with van der Waals surface area (Å²) in [5.74, 6) is 0.193. The molecule has 1 atom stereocenters. The molecule has 0 radical (unpaired) electrons. The van der Waals surface area contributed by atoms with E-state index in [1.54, 1.807) is 13.8 Å². The van der Waals surface area contributed by atoms with Gasteiger partial charge in [0.15, 0.2) is 0 Å². The largest absolute Gasteiger partial charge is 0.473 e. The van der Waals surface area contributed by atoms with Gasteiger partial charge in [0.2, 0.25) is 5.88 Å². The minimum atomic E-state index is -4.39. The average Bonchev–Trinajstić information content (AvgIpc) is 2.73. The number of aromatic nitrogens is 1. The standard InChI is InChI=1S/C14H19F3N2O2/c1-13(2,20)9-19-6-5-11(8-19)21-12-4-3-10(7-18-12)14(15,16)17/h3-4,7,11,20H,5-6,8-9H2,1-2H3. The van der Waals surface area contributed by atoms with Crippen LogP contribution in [0, 0.1) is 0 Å². The van der Waals surface area contributed by atoms with Crippen molar-refractivity contribution < 1.29 is 23.0 Å². The van der Waals surface area contributed by atoms with E-state index in [0.717, 1.165) is 25.2 Å². The van der Waals surface area contributed by atoms with Gasteiger partial charge in [0, 0.05) is 31.9 Å². The number of hydrogen-bond donors (Lipinski definition) is 1. The Morgan fingerprint density at radius 1 is 1.38 bits per heavy atom. The van der Waals surface area contributed by atoms with Crippen LogP contribution in [0.4, 0.5) is 13.2 Å². The Morgan fingerprint density at radius 3 is 2.62 bits per heavy atom. The van der Waals surface area contributed by atoms with Crippen molar-refractivity contribution in [2.75, 3.05) is 19.6 Å². The number of rotatable bonds is 4. The third-order valence-corrected chi connectivity index (χ3v) is 3.19. The maximum Gasteiger partial charge on any atom is 0.417 e. The van der Waals surface area contributed by atoms with Crippen LogP contribution in [0.25, 0.3) is 0 Å². The smallest absolute Gasteiger partial charge is 0.417 e. The Morgan fingerprint density at radius 2 is 2.10 bits per heavy atom. The second-order valence-electron chi connectivity index (χ2n) is 5.96. The van der Waals surface area contributed by atoms with Gasteiger partial charge in [-0.15, -0.1) is 0 Å². The Balaban J connectivity index is 1.89. The monoisotopic (exact) mass is 304 g/mol. The summed E-state index contributed by atoms with van der Waals surface area (Å²) in [5.41, 5.74) is -1.56. The molecule has 0 aliphatic carbocycles. The zero-order valence-corrected chi connectivity index (χ0v) is 12.0. The SMILES string of the molecule is CC(C)(O)CN1CCC(Oc2ccc(C(F)(F)F)cn2)C1. The summed E-state index contributed by atoms with van der Waals surface area (Å²) < 4.78 is 42.9. The quantitative estimate of drug-likeness (QED) is 0.927. The number of pyridine rings is 1. The molecular formula is C14H19F3N2O2. The molecule has 1 aliphatic rings. The van der Waals surface area contributed by atoms with Crippen molar-refractivity contribution in [1.82, 2.24) is 9.88 Å². The lowest BCUT2D eigenvalue weighted by atomic mass is 10.1. The zero-order chi connectivity index (χ0) is 15.7.